The van der Waals surface area contributed by atoms with Gasteiger partial charge in [0, 0.05) is 29.5 Å². The lowest BCUT2D eigenvalue weighted by molar-refractivity contribution is 0.456. The Hall–Kier alpha value is -0.890. The standard InChI is InChI=1S/C14H15BrClN3O2S/c15-11-8-10-2-3-13(18-14(10)12(16)9-11)17-4-6-19-5-1-7-22(19,20)21/h2-3,8-9H,1,4-7H2,(H,17,18). The number of anilines is 1. The average molecular weight is 405 g/mol. The molecule has 1 N–H and O–H groups in total. The number of halogens is 2. The highest BCUT2D eigenvalue weighted by atomic mass is 79.9. The Labute approximate surface area is 142 Å². The normalized spacial score (nSPS) is 17.9. The molecule has 1 saturated heterocycles. The van der Waals surface area contributed by atoms with E-state index in [0.29, 0.717) is 36.9 Å². The summed E-state index contributed by atoms with van der Waals surface area (Å²) in [5.41, 5.74) is 0.726. The summed E-state index contributed by atoms with van der Waals surface area (Å²) < 4.78 is 25.9. The van der Waals surface area contributed by atoms with E-state index in [1.54, 1.807) is 6.07 Å². The molecule has 2 aromatic rings. The second-order valence-corrected chi connectivity index (χ2v) is 8.56. The fourth-order valence-electron chi connectivity index (χ4n) is 2.51. The van der Waals surface area contributed by atoms with Crippen molar-refractivity contribution in [2.24, 2.45) is 0 Å². The maximum Gasteiger partial charge on any atom is 0.214 e. The molecule has 1 aromatic carbocycles. The molecule has 2 heterocycles. The van der Waals surface area contributed by atoms with Crippen molar-refractivity contribution in [2.45, 2.75) is 6.42 Å². The van der Waals surface area contributed by atoms with Crippen molar-refractivity contribution in [3.63, 3.8) is 0 Å². The molecule has 118 valence electrons. The van der Waals surface area contributed by atoms with Crippen LogP contribution >= 0.6 is 27.5 Å². The predicted molar refractivity (Wildman–Crippen MR) is 92.9 cm³/mol. The number of benzene rings is 1. The van der Waals surface area contributed by atoms with Crippen LogP contribution in [0.1, 0.15) is 6.42 Å². The molecule has 1 fully saturated rings. The molecule has 22 heavy (non-hydrogen) atoms. The van der Waals surface area contributed by atoms with Crippen LogP contribution in [0.25, 0.3) is 10.9 Å². The van der Waals surface area contributed by atoms with Gasteiger partial charge in [0.05, 0.1) is 16.3 Å². The predicted octanol–water partition coefficient (Wildman–Crippen LogP) is 3.10. The van der Waals surface area contributed by atoms with Gasteiger partial charge in [-0.05, 0) is 30.7 Å². The van der Waals surface area contributed by atoms with Crippen molar-refractivity contribution in [3.8, 4) is 0 Å². The highest BCUT2D eigenvalue weighted by Gasteiger charge is 2.27. The summed E-state index contributed by atoms with van der Waals surface area (Å²) in [6, 6.07) is 7.56. The van der Waals surface area contributed by atoms with E-state index in [1.165, 1.54) is 4.31 Å². The van der Waals surface area contributed by atoms with Crippen molar-refractivity contribution < 1.29 is 8.42 Å². The van der Waals surface area contributed by atoms with Gasteiger partial charge in [-0.3, -0.25) is 0 Å². The monoisotopic (exact) mass is 403 g/mol. The van der Waals surface area contributed by atoms with Gasteiger partial charge in [-0.15, -0.1) is 0 Å². The van der Waals surface area contributed by atoms with Crippen LogP contribution in [0, 0.1) is 0 Å². The molecule has 0 aliphatic carbocycles. The van der Waals surface area contributed by atoms with Gasteiger partial charge in [0.15, 0.2) is 0 Å². The maximum absolute atomic E-state index is 11.7. The molecule has 0 radical (unpaired) electrons. The molecule has 1 aromatic heterocycles. The molecule has 5 nitrogen and oxygen atoms in total. The summed E-state index contributed by atoms with van der Waals surface area (Å²) in [5, 5.41) is 4.69. The van der Waals surface area contributed by atoms with E-state index in [0.717, 1.165) is 15.4 Å². The van der Waals surface area contributed by atoms with E-state index in [1.807, 2.05) is 18.2 Å². The molecular weight excluding hydrogens is 390 g/mol. The highest BCUT2D eigenvalue weighted by Crippen LogP contribution is 2.27. The van der Waals surface area contributed by atoms with Crippen molar-refractivity contribution in [1.82, 2.24) is 9.29 Å². The molecule has 1 aliphatic heterocycles. The first-order chi connectivity index (χ1) is 10.5. The Morgan fingerprint density at radius 1 is 1.36 bits per heavy atom. The van der Waals surface area contributed by atoms with Gasteiger partial charge in [-0.1, -0.05) is 27.5 Å². The van der Waals surface area contributed by atoms with Crippen LogP contribution in [0.4, 0.5) is 5.82 Å². The first-order valence-electron chi connectivity index (χ1n) is 6.93. The van der Waals surface area contributed by atoms with Gasteiger partial charge in [-0.25, -0.2) is 17.7 Å². The minimum absolute atomic E-state index is 0.256. The van der Waals surface area contributed by atoms with Gasteiger partial charge >= 0.3 is 0 Å². The smallest absolute Gasteiger partial charge is 0.214 e. The van der Waals surface area contributed by atoms with Gasteiger partial charge in [0.2, 0.25) is 10.0 Å². The van der Waals surface area contributed by atoms with Crippen molar-refractivity contribution in [2.75, 3.05) is 30.7 Å². The number of sulfonamides is 1. The Balaban J connectivity index is 1.69. The Kier molecular flexibility index (Phi) is 4.59. The summed E-state index contributed by atoms with van der Waals surface area (Å²) in [7, 11) is -3.04. The molecule has 0 bridgehead atoms. The first-order valence-corrected chi connectivity index (χ1v) is 9.71. The molecule has 0 amide bonds. The summed E-state index contributed by atoms with van der Waals surface area (Å²) in [6.45, 7) is 1.58. The van der Waals surface area contributed by atoms with Gasteiger partial charge in [0.1, 0.15) is 5.82 Å². The van der Waals surface area contributed by atoms with Gasteiger partial charge in [-0.2, -0.15) is 0 Å². The van der Waals surface area contributed by atoms with E-state index < -0.39 is 10.0 Å². The van der Waals surface area contributed by atoms with Crippen LogP contribution in [-0.4, -0.2) is 43.1 Å². The highest BCUT2D eigenvalue weighted by molar-refractivity contribution is 9.10. The lowest BCUT2D eigenvalue weighted by Gasteiger charge is -2.15. The lowest BCUT2D eigenvalue weighted by atomic mass is 10.2. The quantitative estimate of drug-likeness (QED) is 0.850. The number of aromatic nitrogens is 1. The summed E-state index contributed by atoms with van der Waals surface area (Å²) >= 11 is 9.60. The zero-order chi connectivity index (χ0) is 15.7. The summed E-state index contributed by atoms with van der Waals surface area (Å²) in [5.74, 6) is 0.944. The van der Waals surface area contributed by atoms with Crippen molar-refractivity contribution in [1.29, 1.82) is 0 Å². The molecule has 0 spiro atoms. The molecule has 0 saturated carbocycles. The number of pyridine rings is 1. The van der Waals surface area contributed by atoms with Gasteiger partial charge in [0.25, 0.3) is 0 Å². The zero-order valence-corrected chi connectivity index (χ0v) is 14.9. The van der Waals surface area contributed by atoms with Crippen LogP contribution in [0.5, 0.6) is 0 Å². The fraction of sp³-hybridized carbons (Fsp3) is 0.357. The molecular formula is C14H15BrClN3O2S. The van der Waals surface area contributed by atoms with Crippen molar-refractivity contribution in [3.05, 3.63) is 33.8 Å². The number of hydrogen-bond acceptors (Lipinski definition) is 4. The summed E-state index contributed by atoms with van der Waals surface area (Å²) in [6.07, 6.45) is 0.709. The van der Waals surface area contributed by atoms with Crippen LogP contribution in [0.15, 0.2) is 28.7 Å². The summed E-state index contributed by atoms with van der Waals surface area (Å²) in [4.78, 5) is 4.48. The number of nitrogens with one attached hydrogen (secondary N) is 1. The lowest BCUT2D eigenvalue weighted by Crippen LogP contribution is -2.30. The molecule has 1 aliphatic rings. The van der Waals surface area contributed by atoms with Crippen molar-refractivity contribution >= 4 is 54.3 Å². The van der Waals surface area contributed by atoms with Crippen LogP contribution in [0.2, 0.25) is 5.02 Å². The first kappa shape index (κ1) is 16.0. The van der Waals surface area contributed by atoms with E-state index in [-0.39, 0.29) is 5.75 Å². The number of hydrogen-bond donors (Lipinski definition) is 1. The number of rotatable bonds is 4. The van der Waals surface area contributed by atoms with E-state index in [2.05, 4.69) is 26.2 Å². The number of nitrogens with zero attached hydrogens (tertiary/aromatic N) is 2. The SMILES string of the molecule is O=S1(=O)CCCN1CCNc1ccc2cc(Br)cc(Cl)c2n1. The maximum atomic E-state index is 11.7. The second kappa shape index (κ2) is 6.31. The topological polar surface area (TPSA) is 62.3 Å². The van der Waals surface area contributed by atoms with Crippen LogP contribution in [0.3, 0.4) is 0 Å². The molecule has 0 unspecified atom stereocenters. The van der Waals surface area contributed by atoms with E-state index >= 15 is 0 Å². The minimum Gasteiger partial charge on any atom is -0.369 e. The third kappa shape index (κ3) is 3.37. The third-order valence-electron chi connectivity index (χ3n) is 3.58. The molecule has 3 rings (SSSR count). The fourth-order valence-corrected chi connectivity index (χ4v) is 4.91. The Bertz CT molecular complexity index is 813. The minimum atomic E-state index is -3.04. The largest absolute Gasteiger partial charge is 0.369 e. The zero-order valence-electron chi connectivity index (χ0n) is 11.7. The average Bonchev–Trinajstić information content (AvgIpc) is 2.78. The molecule has 8 heteroatoms. The second-order valence-electron chi connectivity index (χ2n) is 5.15. The van der Waals surface area contributed by atoms with E-state index in [9.17, 15) is 8.42 Å². The third-order valence-corrected chi connectivity index (χ3v) is 6.28. The van der Waals surface area contributed by atoms with Crippen LogP contribution < -0.4 is 5.32 Å². The van der Waals surface area contributed by atoms with Crippen LogP contribution in [-0.2, 0) is 10.0 Å². The number of fused-ring (bicyclic) bond motifs is 1. The Morgan fingerprint density at radius 2 is 2.18 bits per heavy atom. The van der Waals surface area contributed by atoms with E-state index in [4.69, 9.17) is 11.6 Å². The van der Waals surface area contributed by atoms with Gasteiger partial charge < -0.3 is 5.32 Å². The molecule has 0 atom stereocenters. The Morgan fingerprint density at radius 3 is 2.91 bits per heavy atom.